The van der Waals surface area contributed by atoms with Crippen molar-refractivity contribution in [3.05, 3.63) is 29.3 Å². The fourth-order valence-electron chi connectivity index (χ4n) is 1.25. The van der Waals surface area contributed by atoms with Crippen LogP contribution in [0.1, 0.15) is 24.2 Å². The van der Waals surface area contributed by atoms with E-state index in [1.165, 1.54) is 13.2 Å². The van der Waals surface area contributed by atoms with Crippen molar-refractivity contribution >= 4 is 5.69 Å². The number of halogens is 3. The fourth-order valence-corrected chi connectivity index (χ4v) is 1.25. The third-order valence-electron chi connectivity index (χ3n) is 2.21. The first-order valence-corrected chi connectivity index (χ1v) is 4.35. The van der Waals surface area contributed by atoms with Crippen LogP contribution in [0.3, 0.4) is 0 Å². The van der Waals surface area contributed by atoms with E-state index >= 15 is 0 Å². The first-order valence-electron chi connectivity index (χ1n) is 4.35. The fraction of sp³-hybridized carbons (Fsp3) is 0.400. The SMILES string of the molecule is COC(C)c1ccc(C(F)(F)F)cc1N. The first kappa shape index (κ1) is 11.8. The lowest BCUT2D eigenvalue weighted by Gasteiger charge is -2.14. The lowest BCUT2D eigenvalue weighted by molar-refractivity contribution is -0.137. The highest BCUT2D eigenvalue weighted by Crippen LogP contribution is 2.33. The number of ether oxygens (including phenoxy) is 1. The maximum atomic E-state index is 12.3. The van der Waals surface area contributed by atoms with Gasteiger partial charge in [-0.05, 0) is 19.1 Å². The molecule has 0 aliphatic heterocycles. The number of hydrogen-bond donors (Lipinski definition) is 1. The van der Waals surface area contributed by atoms with Gasteiger partial charge in [0.2, 0.25) is 0 Å². The summed E-state index contributed by atoms with van der Waals surface area (Å²) in [6, 6.07) is 3.26. The second kappa shape index (κ2) is 4.10. The highest BCUT2D eigenvalue weighted by atomic mass is 19.4. The van der Waals surface area contributed by atoms with Crippen molar-refractivity contribution in [3.8, 4) is 0 Å². The molecule has 0 heterocycles. The molecular weight excluding hydrogens is 207 g/mol. The molecule has 84 valence electrons. The van der Waals surface area contributed by atoms with Crippen LogP contribution in [0.5, 0.6) is 0 Å². The van der Waals surface area contributed by atoms with Crippen LogP contribution in [0, 0.1) is 0 Å². The molecule has 0 fully saturated rings. The van der Waals surface area contributed by atoms with Gasteiger partial charge in [-0.3, -0.25) is 0 Å². The minimum Gasteiger partial charge on any atom is -0.398 e. The molecular formula is C10H12F3NO. The summed E-state index contributed by atoms with van der Waals surface area (Å²) in [4.78, 5) is 0. The van der Waals surface area contributed by atoms with Gasteiger partial charge in [0.05, 0.1) is 11.7 Å². The summed E-state index contributed by atoms with van der Waals surface area (Å²) in [6.07, 6.45) is -4.67. The normalized spacial score (nSPS) is 13.9. The van der Waals surface area contributed by atoms with Gasteiger partial charge in [0.15, 0.2) is 0 Å². The number of rotatable bonds is 2. The minimum atomic E-state index is -4.36. The number of alkyl halides is 3. The van der Waals surface area contributed by atoms with E-state index in [1.807, 2.05) is 0 Å². The van der Waals surface area contributed by atoms with Crippen LogP contribution >= 0.6 is 0 Å². The molecule has 1 atom stereocenters. The van der Waals surface area contributed by atoms with Crippen molar-refractivity contribution in [1.82, 2.24) is 0 Å². The molecule has 0 spiro atoms. The number of hydrogen-bond acceptors (Lipinski definition) is 2. The summed E-state index contributed by atoms with van der Waals surface area (Å²) in [7, 11) is 1.47. The van der Waals surface area contributed by atoms with Gasteiger partial charge in [0.25, 0.3) is 0 Å². The Morgan fingerprint density at radius 1 is 1.33 bits per heavy atom. The van der Waals surface area contributed by atoms with E-state index in [9.17, 15) is 13.2 Å². The summed E-state index contributed by atoms with van der Waals surface area (Å²) in [6.45, 7) is 1.72. The van der Waals surface area contributed by atoms with Crippen LogP contribution < -0.4 is 5.73 Å². The van der Waals surface area contributed by atoms with Gasteiger partial charge >= 0.3 is 6.18 Å². The van der Waals surface area contributed by atoms with E-state index in [-0.39, 0.29) is 11.8 Å². The largest absolute Gasteiger partial charge is 0.416 e. The number of anilines is 1. The first-order chi connectivity index (χ1) is 6.86. The molecule has 2 N–H and O–H groups in total. The van der Waals surface area contributed by atoms with Crippen LogP contribution in [0.25, 0.3) is 0 Å². The van der Waals surface area contributed by atoms with Crippen LogP contribution in [-0.2, 0) is 10.9 Å². The van der Waals surface area contributed by atoms with Crippen molar-refractivity contribution in [2.45, 2.75) is 19.2 Å². The number of methoxy groups -OCH3 is 1. The zero-order chi connectivity index (χ0) is 11.6. The molecule has 0 saturated heterocycles. The zero-order valence-corrected chi connectivity index (χ0v) is 8.43. The van der Waals surface area contributed by atoms with Crippen molar-refractivity contribution in [3.63, 3.8) is 0 Å². The quantitative estimate of drug-likeness (QED) is 0.776. The predicted octanol–water partition coefficient (Wildman–Crippen LogP) is 3.00. The summed E-state index contributed by atoms with van der Waals surface area (Å²) in [5.41, 5.74) is 5.43. The smallest absolute Gasteiger partial charge is 0.398 e. The monoisotopic (exact) mass is 219 g/mol. The van der Waals surface area contributed by atoms with E-state index in [1.54, 1.807) is 6.92 Å². The Morgan fingerprint density at radius 2 is 1.93 bits per heavy atom. The summed E-state index contributed by atoms with van der Waals surface area (Å²) < 4.78 is 41.9. The Labute approximate surface area is 85.8 Å². The minimum absolute atomic E-state index is 0.0965. The van der Waals surface area contributed by atoms with Gasteiger partial charge in [-0.25, -0.2) is 0 Å². The lowest BCUT2D eigenvalue weighted by Crippen LogP contribution is -2.08. The summed E-state index contributed by atoms with van der Waals surface area (Å²) >= 11 is 0. The molecule has 0 aromatic heterocycles. The standard InChI is InChI=1S/C10H12F3NO/c1-6(15-2)8-4-3-7(5-9(8)14)10(11,12)13/h3-6H,14H2,1-2H3. The Kier molecular flexibility index (Phi) is 3.24. The van der Waals surface area contributed by atoms with Gasteiger partial charge < -0.3 is 10.5 Å². The molecule has 0 radical (unpaired) electrons. The molecule has 15 heavy (non-hydrogen) atoms. The van der Waals surface area contributed by atoms with Crippen molar-refractivity contribution in [2.75, 3.05) is 12.8 Å². The third kappa shape index (κ3) is 2.62. The van der Waals surface area contributed by atoms with Crippen LogP contribution in [0.15, 0.2) is 18.2 Å². The zero-order valence-electron chi connectivity index (χ0n) is 8.43. The molecule has 0 saturated carbocycles. The average Bonchev–Trinajstić information content (AvgIpc) is 2.15. The number of nitrogen functional groups attached to an aromatic ring is 1. The van der Waals surface area contributed by atoms with Gasteiger partial charge in [0.1, 0.15) is 0 Å². The molecule has 0 aliphatic rings. The third-order valence-corrected chi connectivity index (χ3v) is 2.21. The maximum absolute atomic E-state index is 12.3. The van der Waals surface area contributed by atoms with E-state index in [0.717, 1.165) is 12.1 Å². The number of nitrogens with two attached hydrogens (primary N) is 1. The van der Waals surface area contributed by atoms with Gasteiger partial charge in [-0.1, -0.05) is 6.07 Å². The Balaban J connectivity index is 3.09. The van der Waals surface area contributed by atoms with Crippen molar-refractivity contribution < 1.29 is 17.9 Å². The van der Waals surface area contributed by atoms with Crippen LogP contribution in [0.4, 0.5) is 18.9 Å². The Hall–Kier alpha value is -1.23. The maximum Gasteiger partial charge on any atom is 0.416 e. The Bertz CT molecular complexity index is 349. The van der Waals surface area contributed by atoms with Crippen LogP contribution in [0.2, 0.25) is 0 Å². The molecule has 1 unspecified atom stereocenters. The molecule has 0 amide bonds. The van der Waals surface area contributed by atoms with E-state index in [2.05, 4.69) is 0 Å². The van der Waals surface area contributed by atoms with Gasteiger partial charge in [-0.2, -0.15) is 13.2 Å². The van der Waals surface area contributed by atoms with E-state index in [0.29, 0.717) is 5.56 Å². The van der Waals surface area contributed by atoms with Crippen LogP contribution in [-0.4, -0.2) is 7.11 Å². The summed E-state index contributed by atoms with van der Waals surface area (Å²) in [5, 5.41) is 0. The topological polar surface area (TPSA) is 35.2 Å². The van der Waals surface area contributed by atoms with Crippen molar-refractivity contribution in [2.24, 2.45) is 0 Å². The van der Waals surface area contributed by atoms with Gasteiger partial charge in [0, 0.05) is 18.4 Å². The van der Waals surface area contributed by atoms with E-state index in [4.69, 9.17) is 10.5 Å². The molecule has 1 aromatic rings. The average molecular weight is 219 g/mol. The number of benzene rings is 1. The molecule has 5 heteroatoms. The van der Waals surface area contributed by atoms with E-state index < -0.39 is 11.7 Å². The molecule has 1 aromatic carbocycles. The predicted molar refractivity (Wildman–Crippen MR) is 51.3 cm³/mol. The lowest BCUT2D eigenvalue weighted by atomic mass is 10.1. The van der Waals surface area contributed by atoms with Crippen molar-refractivity contribution in [1.29, 1.82) is 0 Å². The molecule has 2 nitrogen and oxygen atoms in total. The second-order valence-electron chi connectivity index (χ2n) is 3.22. The second-order valence-corrected chi connectivity index (χ2v) is 3.22. The van der Waals surface area contributed by atoms with Gasteiger partial charge in [-0.15, -0.1) is 0 Å². The molecule has 0 aliphatic carbocycles. The Morgan fingerprint density at radius 3 is 2.33 bits per heavy atom. The summed E-state index contributed by atoms with van der Waals surface area (Å²) in [5.74, 6) is 0. The molecule has 1 rings (SSSR count). The molecule has 0 bridgehead atoms. The highest BCUT2D eigenvalue weighted by Gasteiger charge is 2.31. The highest BCUT2D eigenvalue weighted by molar-refractivity contribution is 5.50.